The van der Waals surface area contributed by atoms with Gasteiger partial charge in [0.2, 0.25) is 5.95 Å². The van der Waals surface area contributed by atoms with Crippen LogP contribution in [-0.4, -0.2) is 20.6 Å². The van der Waals surface area contributed by atoms with Crippen LogP contribution >= 0.6 is 8.73 Å². The van der Waals surface area contributed by atoms with Crippen LogP contribution in [0.15, 0.2) is 9.59 Å². The standard InChI is InChI=1S/C6H11N4O2P/c1-3-9-5(11)8-4(7)10(13-2)6(9)12/h13H,3H2,1-2H3,(H2,7,8,11). The van der Waals surface area contributed by atoms with Gasteiger partial charge in [-0.1, -0.05) is 0 Å². The van der Waals surface area contributed by atoms with Crippen LogP contribution in [0, 0.1) is 0 Å². The molecule has 72 valence electrons. The first-order valence-electron chi connectivity index (χ1n) is 3.79. The van der Waals surface area contributed by atoms with Gasteiger partial charge in [-0.2, -0.15) is 4.98 Å². The first-order chi connectivity index (χ1) is 6.11. The lowest BCUT2D eigenvalue weighted by atomic mass is 10.7. The summed E-state index contributed by atoms with van der Waals surface area (Å²) in [6, 6.07) is 0. The van der Waals surface area contributed by atoms with Crippen molar-refractivity contribution in [3.05, 3.63) is 21.0 Å². The molecule has 1 heterocycles. The third-order valence-electron chi connectivity index (χ3n) is 1.63. The molecule has 0 aliphatic rings. The average Bonchev–Trinajstić information content (AvgIpc) is 2.04. The van der Waals surface area contributed by atoms with Crippen molar-refractivity contribution >= 4 is 14.7 Å². The molecule has 7 heteroatoms. The highest BCUT2D eigenvalue weighted by Gasteiger charge is 2.06. The van der Waals surface area contributed by atoms with E-state index in [4.69, 9.17) is 5.73 Å². The fraction of sp³-hybridized carbons (Fsp3) is 0.500. The van der Waals surface area contributed by atoms with Crippen LogP contribution in [0.5, 0.6) is 0 Å². The highest BCUT2D eigenvalue weighted by molar-refractivity contribution is 7.35. The van der Waals surface area contributed by atoms with Gasteiger partial charge < -0.3 is 5.73 Å². The van der Waals surface area contributed by atoms with Crippen molar-refractivity contribution in [2.75, 3.05) is 12.4 Å². The molecule has 1 atom stereocenters. The van der Waals surface area contributed by atoms with Gasteiger partial charge in [-0.3, -0.25) is 0 Å². The Bertz CT molecular complexity index is 422. The second-order valence-electron chi connectivity index (χ2n) is 2.34. The summed E-state index contributed by atoms with van der Waals surface area (Å²) in [7, 11) is 0.180. The van der Waals surface area contributed by atoms with Crippen LogP contribution in [0.4, 0.5) is 5.95 Å². The normalized spacial score (nSPS) is 11.2. The fourth-order valence-corrected chi connectivity index (χ4v) is 1.58. The summed E-state index contributed by atoms with van der Waals surface area (Å²) in [5, 5.41) is 0. The Morgan fingerprint density at radius 2 is 2.15 bits per heavy atom. The largest absolute Gasteiger partial charge is 0.369 e. The number of rotatable bonds is 2. The minimum atomic E-state index is -0.584. The lowest BCUT2D eigenvalue weighted by Crippen LogP contribution is -2.40. The van der Waals surface area contributed by atoms with Crippen molar-refractivity contribution in [3.63, 3.8) is 0 Å². The summed E-state index contributed by atoms with van der Waals surface area (Å²) in [5.41, 5.74) is 4.43. The SMILES string of the molecule is CCn1c(=O)nc(N)n(PC)c1=O. The lowest BCUT2D eigenvalue weighted by Gasteiger charge is -2.07. The quantitative estimate of drug-likeness (QED) is 0.628. The first-order valence-corrected chi connectivity index (χ1v) is 5.23. The summed E-state index contributed by atoms with van der Waals surface area (Å²) in [6.07, 6.45) is 0. The molecule has 2 N–H and O–H groups in total. The first kappa shape index (κ1) is 9.92. The molecule has 0 radical (unpaired) electrons. The number of aromatic nitrogens is 3. The molecule has 0 aromatic carbocycles. The maximum Gasteiger partial charge on any atom is 0.354 e. The van der Waals surface area contributed by atoms with E-state index in [-0.39, 0.29) is 20.4 Å². The zero-order valence-corrected chi connectivity index (χ0v) is 8.44. The Balaban J connectivity index is 3.59. The van der Waals surface area contributed by atoms with Crippen molar-refractivity contribution in [3.8, 4) is 0 Å². The Morgan fingerprint density at radius 1 is 1.54 bits per heavy atom. The molecule has 0 amide bonds. The number of hydrogen-bond acceptors (Lipinski definition) is 4. The summed E-state index contributed by atoms with van der Waals surface area (Å²) < 4.78 is 2.33. The molecule has 1 unspecified atom stereocenters. The third-order valence-corrected chi connectivity index (χ3v) is 2.50. The molecule has 1 rings (SSSR count). The molecule has 1 aromatic heterocycles. The van der Waals surface area contributed by atoms with Gasteiger partial charge in [-0.05, 0) is 22.3 Å². The Kier molecular flexibility index (Phi) is 2.83. The molecule has 0 aliphatic carbocycles. The van der Waals surface area contributed by atoms with E-state index in [1.165, 1.54) is 4.34 Å². The average molecular weight is 202 g/mol. The third kappa shape index (κ3) is 1.62. The van der Waals surface area contributed by atoms with Crippen molar-refractivity contribution in [1.29, 1.82) is 0 Å². The van der Waals surface area contributed by atoms with E-state index in [0.29, 0.717) is 6.54 Å². The van der Waals surface area contributed by atoms with E-state index in [2.05, 4.69) is 4.98 Å². The second-order valence-corrected chi connectivity index (χ2v) is 3.23. The van der Waals surface area contributed by atoms with Crippen LogP contribution in [0.25, 0.3) is 0 Å². The Labute approximate surface area is 76.2 Å². The molecule has 0 spiro atoms. The maximum absolute atomic E-state index is 11.5. The van der Waals surface area contributed by atoms with Gasteiger partial charge in [0.15, 0.2) is 0 Å². The summed E-state index contributed by atoms with van der Waals surface area (Å²) in [6.45, 7) is 3.82. The van der Waals surface area contributed by atoms with E-state index >= 15 is 0 Å². The molecule has 13 heavy (non-hydrogen) atoms. The Hall–Kier alpha value is -1.16. The monoisotopic (exact) mass is 202 g/mol. The van der Waals surface area contributed by atoms with Crippen molar-refractivity contribution < 1.29 is 0 Å². The van der Waals surface area contributed by atoms with Gasteiger partial charge in [0.05, 0.1) is 0 Å². The van der Waals surface area contributed by atoms with E-state index in [1.807, 2.05) is 0 Å². The van der Waals surface area contributed by atoms with Crippen LogP contribution in [-0.2, 0) is 6.54 Å². The maximum atomic E-state index is 11.5. The summed E-state index contributed by atoms with van der Waals surface area (Å²) in [4.78, 5) is 26.1. The van der Waals surface area contributed by atoms with Gasteiger partial charge in [0.1, 0.15) is 0 Å². The van der Waals surface area contributed by atoms with E-state index < -0.39 is 5.69 Å². The number of nitrogens with zero attached hydrogens (tertiary/aromatic N) is 3. The molecule has 0 aliphatic heterocycles. The highest BCUT2D eigenvalue weighted by atomic mass is 31.1. The summed E-state index contributed by atoms with van der Waals surface area (Å²) >= 11 is 0. The van der Waals surface area contributed by atoms with E-state index in [9.17, 15) is 9.59 Å². The van der Waals surface area contributed by atoms with Gasteiger partial charge in [-0.15, -0.1) is 0 Å². The molecule has 0 saturated heterocycles. The molecule has 1 aromatic rings. The molecule has 0 fully saturated rings. The van der Waals surface area contributed by atoms with E-state index in [0.717, 1.165) is 4.57 Å². The highest BCUT2D eigenvalue weighted by Crippen LogP contribution is 2.06. The number of hydrogen-bond donors (Lipinski definition) is 1. The number of anilines is 1. The predicted molar refractivity (Wildman–Crippen MR) is 52.5 cm³/mol. The van der Waals surface area contributed by atoms with Crippen LogP contribution in [0.2, 0.25) is 0 Å². The fourth-order valence-electron chi connectivity index (χ4n) is 0.990. The van der Waals surface area contributed by atoms with Crippen molar-refractivity contribution in [1.82, 2.24) is 13.9 Å². The molecular formula is C6H11N4O2P. The van der Waals surface area contributed by atoms with E-state index in [1.54, 1.807) is 13.6 Å². The van der Waals surface area contributed by atoms with Crippen LogP contribution in [0.3, 0.4) is 0 Å². The molecule has 6 nitrogen and oxygen atoms in total. The predicted octanol–water partition coefficient (Wildman–Crippen LogP) is -0.922. The van der Waals surface area contributed by atoms with Crippen LogP contribution in [0.1, 0.15) is 6.92 Å². The summed E-state index contributed by atoms with van der Waals surface area (Å²) in [5.74, 6) is -0.0134. The Morgan fingerprint density at radius 3 is 2.62 bits per heavy atom. The van der Waals surface area contributed by atoms with Gasteiger partial charge in [-0.25, -0.2) is 18.5 Å². The smallest absolute Gasteiger partial charge is 0.354 e. The minimum absolute atomic E-state index is 0.0134. The number of nitrogens with two attached hydrogens (primary N) is 1. The lowest BCUT2D eigenvalue weighted by molar-refractivity contribution is 0.636. The topological polar surface area (TPSA) is 82.9 Å². The van der Waals surface area contributed by atoms with Gasteiger partial charge >= 0.3 is 11.4 Å². The number of nitrogen functional groups attached to an aromatic ring is 1. The second kappa shape index (κ2) is 3.70. The van der Waals surface area contributed by atoms with Gasteiger partial charge in [0, 0.05) is 6.54 Å². The molecule has 0 saturated carbocycles. The van der Waals surface area contributed by atoms with Crippen molar-refractivity contribution in [2.45, 2.75) is 13.5 Å². The molecular weight excluding hydrogens is 191 g/mol. The minimum Gasteiger partial charge on any atom is -0.369 e. The zero-order chi connectivity index (χ0) is 10.0. The molecule has 0 bridgehead atoms. The van der Waals surface area contributed by atoms with Crippen LogP contribution < -0.4 is 17.1 Å². The van der Waals surface area contributed by atoms with Gasteiger partial charge in [0.25, 0.3) is 0 Å². The van der Waals surface area contributed by atoms with Crippen molar-refractivity contribution in [2.24, 2.45) is 0 Å². The zero-order valence-electron chi connectivity index (χ0n) is 7.44.